The molecule has 9 heteroatoms. The van der Waals surface area contributed by atoms with Gasteiger partial charge in [0.2, 0.25) is 0 Å². The molecule has 1 fully saturated rings. The Morgan fingerprint density at radius 1 is 1.43 bits per heavy atom. The van der Waals surface area contributed by atoms with Gasteiger partial charge in [-0.15, -0.1) is 0 Å². The summed E-state index contributed by atoms with van der Waals surface area (Å²) in [6.45, 7) is 5.92. The Kier molecular flexibility index (Phi) is 3.60. The van der Waals surface area contributed by atoms with Gasteiger partial charge in [0.1, 0.15) is 11.6 Å². The average Bonchev–Trinajstić information content (AvgIpc) is 2.81. The van der Waals surface area contributed by atoms with Crippen molar-refractivity contribution in [3.05, 3.63) is 22.4 Å². The maximum Gasteiger partial charge on any atom is 0.349 e. The highest BCUT2D eigenvalue weighted by Crippen LogP contribution is 2.15. The second-order valence-corrected chi connectivity index (χ2v) is 5.64. The van der Waals surface area contributed by atoms with Gasteiger partial charge >= 0.3 is 5.69 Å². The molecule has 1 aliphatic heterocycles. The minimum atomic E-state index is -0.261. The lowest BCUT2D eigenvalue weighted by atomic mass is 10.3. The van der Waals surface area contributed by atoms with Crippen LogP contribution in [0.15, 0.2) is 10.9 Å². The number of anilines is 1. The Morgan fingerprint density at radius 2 is 2.14 bits per heavy atom. The minimum Gasteiger partial charge on any atom is -0.392 e. The molecule has 21 heavy (non-hydrogen) atoms. The number of nitrogens with two attached hydrogens (primary N) is 1. The lowest BCUT2D eigenvalue weighted by Gasteiger charge is -2.35. The molecular formula is C12H17N7OS. The van der Waals surface area contributed by atoms with Gasteiger partial charge in [0.05, 0.1) is 4.99 Å². The van der Waals surface area contributed by atoms with Gasteiger partial charge in [-0.05, 0) is 6.92 Å². The van der Waals surface area contributed by atoms with Gasteiger partial charge in [-0.2, -0.15) is 5.10 Å². The van der Waals surface area contributed by atoms with Crippen molar-refractivity contribution in [1.29, 1.82) is 0 Å². The molecule has 1 saturated heterocycles. The van der Waals surface area contributed by atoms with E-state index in [9.17, 15) is 4.79 Å². The predicted molar refractivity (Wildman–Crippen MR) is 83.8 cm³/mol. The summed E-state index contributed by atoms with van der Waals surface area (Å²) < 4.78 is 1.46. The van der Waals surface area contributed by atoms with E-state index in [2.05, 4.69) is 25.0 Å². The van der Waals surface area contributed by atoms with Crippen LogP contribution in [-0.4, -0.2) is 62.2 Å². The van der Waals surface area contributed by atoms with Gasteiger partial charge in [-0.1, -0.05) is 12.2 Å². The standard InChI is InChI=1S/C12H17N7OS/c1-8-14-10(6-11-15-16-12(20)19(8)11)18-4-2-17(3-5-18)7-9(13)21/h6H,2-5,7H2,1H3,(H2,13,21)(H,16,20). The second-order valence-electron chi connectivity index (χ2n) is 5.11. The normalized spacial score (nSPS) is 16.5. The molecule has 0 aromatic carbocycles. The van der Waals surface area contributed by atoms with Crippen molar-refractivity contribution >= 4 is 28.7 Å². The van der Waals surface area contributed by atoms with Crippen molar-refractivity contribution in [2.24, 2.45) is 5.73 Å². The number of aryl methyl sites for hydroxylation is 1. The third kappa shape index (κ3) is 2.74. The first kappa shape index (κ1) is 14.0. The molecule has 0 spiro atoms. The van der Waals surface area contributed by atoms with Crippen LogP contribution in [-0.2, 0) is 0 Å². The molecule has 1 aliphatic rings. The summed E-state index contributed by atoms with van der Waals surface area (Å²) >= 11 is 4.94. The largest absolute Gasteiger partial charge is 0.392 e. The zero-order valence-electron chi connectivity index (χ0n) is 11.7. The Bertz CT molecular complexity index is 729. The number of hydrogen-bond donors (Lipinski definition) is 2. The van der Waals surface area contributed by atoms with E-state index < -0.39 is 0 Å². The molecule has 0 unspecified atom stereocenters. The summed E-state index contributed by atoms with van der Waals surface area (Å²) in [5.74, 6) is 1.47. The van der Waals surface area contributed by atoms with Crippen molar-refractivity contribution < 1.29 is 0 Å². The Balaban J connectivity index is 1.79. The average molecular weight is 307 g/mol. The van der Waals surface area contributed by atoms with Crippen LogP contribution in [0.5, 0.6) is 0 Å². The number of nitrogens with one attached hydrogen (secondary N) is 1. The fraction of sp³-hybridized carbons (Fsp3) is 0.500. The van der Waals surface area contributed by atoms with Crippen LogP contribution in [0.3, 0.4) is 0 Å². The van der Waals surface area contributed by atoms with Crippen LogP contribution < -0.4 is 16.3 Å². The highest BCUT2D eigenvalue weighted by atomic mass is 32.1. The molecule has 112 valence electrons. The summed E-state index contributed by atoms with van der Waals surface area (Å²) in [6.07, 6.45) is 0. The topological polar surface area (TPSA) is 95.5 Å². The number of fused-ring (bicyclic) bond motifs is 1. The lowest BCUT2D eigenvalue weighted by molar-refractivity contribution is 0.291. The zero-order valence-corrected chi connectivity index (χ0v) is 12.6. The summed E-state index contributed by atoms with van der Waals surface area (Å²) in [4.78, 5) is 21.0. The van der Waals surface area contributed by atoms with Gasteiger partial charge < -0.3 is 10.6 Å². The number of nitrogens with zero attached hydrogens (tertiary/aromatic N) is 5. The van der Waals surface area contributed by atoms with Crippen LogP contribution in [0.2, 0.25) is 0 Å². The maximum absolute atomic E-state index is 11.6. The van der Waals surface area contributed by atoms with E-state index in [4.69, 9.17) is 18.0 Å². The van der Waals surface area contributed by atoms with Gasteiger partial charge in [-0.3, -0.25) is 4.90 Å². The number of thiocarbonyl (C=S) groups is 1. The van der Waals surface area contributed by atoms with Crippen molar-refractivity contribution in [2.45, 2.75) is 6.92 Å². The van der Waals surface area contributed by atoms with E-state index in [1.165, 1.54) is 4.40 Å². The number of hydrogen-bond acceptors (Lipinski definition) is 6. The second kappa shape index (κ2) is 5.41. The predicted octanol–water partition coefficient (Wildman–Crippen LogP) is -0.866. The van der Waals surface area contributed by atoms with Crippen molar-refractivity contribution in [2.75, 3.05) is 37.6 Å². The minimum absolute atomic E-state index is 0.261. The van der Waals surface area contributed by atoms with Crippen molar-refractivity contribution in [3.63, 3.8) is 0 Å². The molecule has 0 atom stereocenters. The number of rotatable bonds is 3. The monoisotopic (exact) mass is 307 g/mol. The van der Waals surface area contributed by atoms with E-state index in [1.807, 2.05) is 6.07 Å². The van der Waals surface area contributed by atoms with E-state index in [0.717, 1.165) is 32.0 Å². The first-order chi connectivity index (χ1) is 10.0. The molecule has 3 rings (SSSR count). The third-order valence-electron chi connectivity index (χ3n) is 3.63. The van der Waals surface area contributed by atoms with Crippen molar-refractivity contribution in [1.82, 2.24) is 24.5 Å². The molecule has 2 aromatic rings. The third-order valence-corrected chi connectivity index (χ3v) is 3.76. The molecule has 0 radical (unpaired) electrons. The van der Waals surface area contributed by atoms with Gasteiger partial charge in [0, 0.05) is 38.8 Å². The molecular weight excluding hydrogens is 290 g/mol. The molecule has 0 amide bonds. The lowest BCUT2D eigenvalue weighted by Crippen LogP contribution is -2.48. The zero-order chi connectivity index (χ0) is 15.0. The van der Waals surface area contributed by atoms with Crippen LogP contribution in [0, 0.1) is 6.92 Å². The molecule has 3 N–H and O–H groups in total. The fourth-order valence-electron chi connectivity index (χ4n) is 2.60. The highest BCUT2D eigenvalue weighted by molar-refractivity contribution is 7.80. The van der Waals surface area contributed by atoms with Crippen LogP contribution in [0.25, 0.3) is 5.65 Å². The van der Waals surface area contributed by atoms with E-state index in [1.54, 1.807) is 6.92 Å². The summed E-state index contributed by atoms with van der Waals surface area (Å²) in [6, 6.07) is 1.83. The van der Waals surface area contributed by atoms with Crippen LogP contribution in [0.4, 0.5) is 5.82 Å². The van der Waals surface area contributed by atoms with E-state index >= 15 is 0 Å². The highest BCUT2D eigenvalue weighted by Gasteiger charge is 2.19. The molecule has 8 nitrogen and oxygen atoms in total. The number of H-pyrrole nitrogens is 1. The van der Waals surface area contributed by atoms with Gasteiger partial charge in [0.25, 0.3) is 0 Å². The number of aromatic amines is 1. The molecule has 0 aliphatic carbocycles. The van der Waals surface area contributed by atoms with Crippen LogP contribution >= 0.6 is 12.2 Å². The molecule has 2 aromatic heterocycles. The van der Waals surface area contributed by atoms with E-state index in [-0.39, 0.29) is 5.69 Å². The smallest absolute Gasteiger partial charge is 0.349 e. The number of piperazine rings is 1. The summed E-state index contributed by atoms with van der Waals surface area (Å²) in [5, 5.41) is 6.44. The maximum atomic E-state index is 11.6. The SMILES string of the molecule is Cc1nc(N2CCN(CC(N)=S)CC2)cc2n[nH]c(=O)n12. The molecule has 3 heterocycles. The quantitative estimate of drug-likeness (QED) is 0.712. The summed E-state index contributed by atoms with van der Waals surface area (Å²) in [5.41, 5.74) is 5.90. The summed E-state index contributed by atoms with van der Waals surface area (Å²) in [7, 11) is 0. The Labute approximate surface area is 126 Å². The van der Waals surface area contributed by atoms with Gasteiger partial charge in [0.15, 0.2) is 5.65 Å². The number of aromatic nitrogens is 4. The fourth-order valence-corrected chi connectivity index (χ4v) is 2.78. The van der Waals surface area contributed by atoms with E-state index in [0.29, 0.717) is 23.0 Å². The van der Waals surface area contributed by atoms with Crippen LogP contribution in [0.1, 0.15) is 5.82 Å². The Hall–Kier alpha value is -2.00. The first-order valence-electron chi connectivity index (χ1n) is 6.75. The van der Waals surface area contributed by atoms with Gasteiger partial charge in [-0.25, -0.2) is 19.3 Å². The van der Waals surface area contributed by atoms with Crippen molar-refractivity contribution in [3.8, 4) is 0 Å². The molecule has 0 bridgehead atoms. The molecule has 0 saturated carbocycles. The first-order valence-corrected chi connectivity index (χ1v) is 7.16. The Morgan fingerprint density at radius 3 is 2.81 bits per heavy atom.